The smallest absolute Gasteiger partial charge is 0.226 e. The van der Waals surface area contributed by atoms with E-state index in [0.29, 0.717) is 5.91 Å². The van der Waals surface area contributed by atoms with Gasteiger partial charge in [0, 0.05) is 25.6 Å². The van der Waals surface area contributed by atoms with Gasteiger partial charge in [-0.1, -0.05) is 29.8 Å². The fourth-order valence-electron chi connectivity index (χ4n) is 2.95. The standard InChI is InChI=1S/C18H29N3O.ClH/c1-15-5-4-6-16(13-15)14-21(12-11-20(2)3)18(22)17-7-9-19-10-8-17;/h4-6,13,17,19H,7-12,14H2,1-3H3;1H. The average molecular weight is 340 g/mol. The van der Waals surface area contributed by atoms with Crippen molar-refractivity contribution in [2.45, 2.75) is 26.3 Å². The number of rotatable bonds is 6. The van der Waals surface area contributed by atoms with Crippen LogP contribution in [0.2, 0.25) is 0 Å². The molecule has 0 aliphatic carbocycles. The molecule has 0 atom stereocenters. The van der Waals surface area contributed by atoms with Gasteiger partial charge in [0.1, 0.15) is 0 Å². The third kappa shape index (κ3) is 6.50. The minimum atomic E-state index is 0. The second-order valence-electron chi connectivity index (χ2n) is 6.58. The second-order valence-corrected chi connectivity index (χ2v) is 6.58. The Hall–Kier alpha value is -1.10. The van der Waals surface area contributed by atoms with Crippen LogP contribution in [0.4, 0.5) is 0 Å². The molecule has 0 saturated carbocycles. The lowest BCUT2D eigenvalue weighted by molar-refractivity contribution is -0.137. The first-order valence-electron chi connectivity index (χ1n) is 8.26. The molecule has 23 heavy (non-hydrogen) atoms. The van der Waals surface area contributed by atoms with E-state index in [1.165, 1.54) is 11.1 Å². The first-order valence-corrected chi connectivity index (χ1v) is 8.26. The Balaban J connectivity index is 0.00000264. The number of carbonyl (C=O) groups excluding carboxylic acids is 1. The molecule has 130 valence electrons. The zero-order valence-corrected chi connectivity index (χ0v) is 15.4. The van der Waals surface area contributed by atoms with Gasteiger partial charge in [-0.3, -0.25) is 4.79 Å². The molecule has 0 unspecified atom stereocenters. The van der Waals surface area contributed by atoms with E-state index in [4.69, 9.17) is 0 Å². The third-order valence-corrected chi connectivity index (χ3v) is 4.27. The largest absolute Gasteiger partial charge is 0.337 e. The van der Waals surface area contributed by atoms with Gasteiger partial charge in [-0.25, -0.2) is 0 Å². The van der Waals surface area contributed by atoms with Crippen molar-refractivity contribution < 1.29 is 4.79 Å². The fourth-order valence-corrected chi connectivity index (χ4v) is 2.95. The molecule has 0 aromatic heterocycles. The molecule has 5 heteroatoms. The summed E-state index contributed by atoms with van der Waals surface area (Å²) in [6.45, 7) is 6.44. The Labute approximate surface area is 146 Å². The summed E-state index contributed by atoms with van der Waals surface area (Å²) in [4.78, 5) is 17.1. The highest BCUT2D eigenvalue weighted by atomic mass is 35.5. The van der Waals surface area contributed by atoms with Crippen molar-refractivity contribution in [2.75, 3.05) is 40.3 Å². The van der Waals surface area contributed by atoms with Gasteiger partial charge in [0.2, 0.25) is 5.91 Å². The van der Waals surface area contributed by atoms with Gasteiger partial charge in [0.05, 0.1) is 0 Å². The van der Waals surface area contributed by atoms with Crippen LogP contribution in [0.3, 0.4) is 0 Å². The molecule has 1 aromatic carbocycles. The highest BCUT2D eigenvalue weighted by molar-refractivity contribution is 5.85. The summed E-state index contributed by atoms with van der Waals surface area (Å²) in [5, 5.41) is 3.34. The molecule has 1 fully saturated rings. The average Bonchev–Trinajstić information content (AvgIpc) is 2.51. The van der Waals surface area contributed by atoms with Gasteiger partial charge >= 0.3 is 0 Å². The van der Waals surface area contributed by atoms with E-state index >= 15 is 0 Å². The lowest BCUT2D eigenvalue weighted by Crippen LogP contribution is -2.43. The van der Waals surface area contributed by atoms with Crippen molar-refractivity contribution in [1.82, 2.24) is 15.1 Å². The number of carbonyl (C=O) groups is 1. The van der Waals surface area contributed by atoms with Crippen molar-refractivity contribution in [1.29, 1.82) is 0 Å². The summed E-state index contributed by atoms with van der Waals surface area (Å²) in [5.41, 5.74) is 2.47. The Bertz CT molecular complexity index is 487. The van der Waals surface area contributed by atoms with Crippen molar-refractivity contribution in [2.24, 2.45) is 5.92 Å². The zero-order valence-electron chi connectivity index (χ0n) is 14.5. The number of nitrogens with zero attached hydrogens (tertiary/aromatic N) is 2. The number of piperidine rings is 1. The van der Waals surface area contributed by atoms with E-state index in [1.54, 1.807) is 0 Å². The van der Waals surface area contributed by atoms with Crippen LogP contribution in [0.5, 0.6) is 0 Å². The number of halogens is 1. The number of hydrogen-bond acceptors (Lipinski definition) is 3. The van der Waals surface area contributed by atoms with Crippen LogP contribution >= 0.6 is 12.4 Å². The molecule has 1 heterocycles. The monoisotopic (exact) mass is 339 g/mol. The molecule has 1 N–H and O–H groups in total. The molecule has 4 nitrogen and oxygen atoms in total. The normalized spacial score (nSPS) is 15.3. The molecule has 0 radical (unpaired) electrons. The Morgan fingerprint density at radius 3 is 2.52 bits per heavy atom. The van der Waals surface area contributed by atoms with Gasteiger partial charge < -0.3 is 15.1 Å². The van der Waals surface area contributed by atoms with Crippen molar-refractivity contribution in [3.05, 3.63) is 35.4 Å². The van der Waals surface area contributed by atoms with E-state index in [0.717, 1.165) is 45.6 Å². The number of nitrogens with one attached hydrogen (secondary N) is 1. The number of aryl methyl sites for hydroxylation is 1. The molecule has 1 saturated heterocycles. The van der Waals surface area contributed by atoms with E-state index in [9.17, 15) is 4.79 Å². The maximum Gasteiger partial charge on any atom is 0.226 e. The quantitative estimate of drug-likeness (QED) is 0.864. The van der Waals surface area contributed by atoms with E-state index in [1.807, 2.05) is 4.90 Å². The van der Waals surface area contributed by atoms with E-state index in [2.05, 4.69) is 55.5 Å². The Morgan fingerprint density at radius 1 is 1.22 bits per heavy atom. The van der Waals surface area contributed by atoms with Gasteiger partial charge in [-0.15, -0.1) is 12.4 Å². The highest BCUT2D eigenvalue weighted by Gasteiger charge is 2.25. The number of amides is 1. The van der Waals surface area contributed by atoms with Crippen LogP contribution in [0.1, 0.15) is 24.0 Å². The molecule has 1 aromatic rings. The molecule has 0 bridgehead atoms. The van der Waals surface area contributed by atoms with Gasteiger partial charge in [0.15, 0.2) is 0 Å². The molecule has 1 aliphatic heterocycles. The van der Waals surface area contributed by atoms with Crippen LogP contribution in [0, 0.1) is 12.8 Å². The Morgan fingerprint density at radius 2 is 1.91 bits per heavy atom. The molecule has 1 amide bonds. The summed E-state index contributed by atoms with van der Waals surface area (Å²) >= 11 is 0. The lowest BCUT2D eigenvalue weighted by atomic mass is 9.96. The fraction of sp³-hybridized carbons (Fsp3) is 0.611. The third-order valence-electron chi connectivity index (χ3n) is 4.27. The van der Waals surface area contributed by atoms with Crippen LogP contribution in [-0.2, 0) is 11.3 Å². The summed E-state index contributed by atoms with van der Waals surface area (Å²) in [7, 11) is 4.11. The number of hydrogen-bond donors (Lipinski definition) is 1. The van der Waals surface area contributed by atoms with Gasteiger partial charge in [-0.2, -0.15) is 0 Å². The Kier molecular flexibility index (Phi) is 8.59. The lowest BCUT2D eigenvalue weighted by Gasteiger charge is -2.30. The predicted molar refractivity (Wildman–Crippen MR) is 98.0 cm³/mol. The first kappa shape index (κ1) is 19.9. The van der Waals surface area contributed by atoms with Crippen LogP contribution in [0.25, 0.3) is 0 Å². The minimum Gasteiger partial charge on any atom is -0.337 e. The zero-order chi connectivity index (χ0) is 15.9. The van der Waals surface area contributed by atoms with Crippen LogP contribution < -0.4 is 5.32 Å². The van der Waals surface area contributed by atoms with Gasteiger partial charge in [-0.05, 0) is 52.5 Å². The molecule has 0 spiro atoms. The molecule has 2 rings (SSSR count). The maximum atomic E-state index is 12.9. The summed E-state index contributed by atoms with van der Waals surface area (Å²) in [6.07, 6.45) is 1.93. The highest BCUT2D eigenvalue weighted by Crippen LogP contribution is 2.17. The van der Waals surface area contributed by atoms with Crippen molar-refractivity contribution in [3.8, 4) is 0 Å². The van der Waals surface area contributed by atoms with Crippen LogP contribution in [0.15, 0.2) is 24.3 Å². The summed E-state index contributed by atoms with van der Waals surface area (Å²) < 4.78 is 0. The minimum absolute atomic E-state index is 0. The van der Waals surface area contributed by atoms with Crippen molar-refractivity contribution in [3.63, 3.8) is 0 Å². The number of benzene rings is 1. The van der Waals surface area contributed by atoms with Crippen molar-refractivity contribution >= 4 is 18.3 Å². The van der Waals surface area contributed by atoms with E-state index in [-0.39, 0.29) is 18.3 Å². The topological polar surface area (TPSA) is 35.6 Å². The number of likely N-dealkylation sites (N-methyl/N-ethyl adjacent to an activating group) is 1. The summed E-state index contributed by atoms with van der Waals surface area (Å²) in [6, 6.07) is 8.47. The molecular formula is C18H30ClN3O. The second kappa shape index (κ2) is 9.91. The van der Waals surface area contributed by atoms with Crippen LogP contribution in [-0.4, -0.2) is 56.0 Å². The molecular weight excluding hydrogens is 310 g/mol. The van der Waals surface area contributed by atoms with E-state index < -0.39 is 0 Å². The maximum absolute atomic E-state index is 12.9. The molecule has 1 aliphatic rings. The summed E-state index contributed by atoms with van der Waals surface area (Å²) in [5.74, 6) is 0.512. The SMILES string of the molecule is Cc1cccc(CN(CCN(C)C)C(=O)C2CCNCC2)c1.Cl. The predicted octanol–water partition coefficient (Wildman–Crippen LogP) is 2.31. The first-order chi connectivity index (χ1) is 10.6. The van der Waals surface area contributed by atoms with Gasteiger partial charge in [0.25, 0.3) is 0 Å².